The molecule has 2 aliphatic rings. The molecule has 0 unspecified atom stereocenters. The van der Waals surface area contributed by atoms with Gasteiger partial charge >= 0.3 is 0 Å². The maximum absolute atomic E-state index is 2.66. The molecule has 1 saturated carbocycles. The van der Waals surface area contributed by atoms with E-state index in [1.54, 1.807) is 5.57 Å². The van der Waals surface area contributed by atoms with Gasteiger partial charge in [-0.15, -0.1) is 0 Å². The molecule has 13 heavy (non-hydrogen) atoms. The first kappa shape index (κ1) is 9.30. The van der Waals surface area contributed by atoms with Crippen molar-refractivity contribution in [2.75, 3.05) is 0 Å². The molecule has 2 rings (SSSR count). The van der Waals surface area contributed by atoms with E-state index in [4.69, 9.17) is 0 Å². The summed E-state index contributed by atoms with van der Waals surface area (Å²) >= 11 is 0. The third-order valence-corrected chi connectivity index (χ3v) is 3.97. The maximum Gasteiger partial charge on any atom is -0.0115 e. The smallest absolute Gasteiger partial charge is 0.0115 e. The summed E-state index contributed by atoms with van der Waals surface area (Å²) in [5, 5.41) is 0. The molecule has 0 aromatic heterocycles. The molecule has 74 valence electrons. The summed E-state index contributed by atoms with van der Waals surface area (Å²) in [5.74, 6) is 0.788. The second-order valence-corrected chi connectivity index (χ2v) is 5.30. The zero-order chi connectivity index (χ0) is 9.31. The van der Waals surface area contributed by atoms with Crippen LogP contribution in [0.15, 0.2) is 11.6 Å². The van der Waals surface area contributed by atoms with Gasteiger partial charge in [-0.05, 0) is 43.4 Å². The van der Waals surface area contributed by atoms with Crippen LogP contribution in [-0.2, 0) is 0 Å². The molecule has 1 spiro atoms. The molecular formula is C13H22. The van der Waals surface area contributed by atoms with Gasteiger partial charge in [0.15, 0.2) is 0 Å². The number of allylic oxidation sites excluding steroid dienone is 2. The van der Waals surface area contributed by atoms with Gasteiger partial charge in [-0.2, -0.15) is 0 Å². The lowest BCUT2D eigenvalue weighted by molar-refractivity contribution is 0.184. The van der Waals surface area contributed by atoms with Crippen LogP contribution in [-0.4, -0.2) is 0 Å². The second kappa shape index (κ2) is 3.48. The lowest BCUT2D eigenvalue weighted by Gasteiger charge is -2.39. The quantitative estimate of drug-likeness (QED) is 0.525. The van der Waals surface area contributed by atoms with Gasteiger partial charge in [0.1, 0.15) is 0 Å². The number of rotatable bonds is 1. The third-order valence-electron chi connectivity index (χ3n) is 3.97. The van der Waals surface area contributed by atoms with Gasteiger partial charge in [0.25, 0.3) is 0 Å². The Bertz CT molecular complexity index is 206. The average molecular weight is 178 g/mol. The summed E-state index contributed by atoms with van der Waals surface area (Å²) in [5.41, 5.74) is 2.42. The zero-order valence-corrected chi connectivity index (χ0v) is 9.10. The molecule has 0 heteroatoms. The van der Waals surface area contributed by atoms with Crippen LogP contribution in [0, 0.1) is 11.3 Å². The molecule has 0 aromatic carbocycles. The Morgan fingerprint density at radius 2 is 1.77 bits per heavy atom. The van der Waals surface area contributed by atoms with Crippen molar-refractivity contribution in [1.82, 2.24) is 0 Å². The van der Waals surface area contributed by atoms with E-state index in [9.17, 15) is 0 Å². The van der Waals surface area contributed by atoms with E-state index >= 15 is 0 Å². The predicted molar refractivity (Wildman–Crippen MR) is 57.7 cm³/mol. The van der Waals surface area contributed by atoms with Crippen molar-refractivity contribution in [1.29, 1.82) is 0 Å². The lowest BCUT2D eigenvalue weighted by Crippen LogP contribution is -2.26. The Morgan fingerprint density at radius 1 is 1.08 bits per heavy atom. The predicted octanol–water partition coefficient (Wildman–Crippen LogP) is 4.31. The molecule has 1 fully saturated rings. The van der Waals surface area contributed by atoms with Crippen molar-refractivity contribution in [3.05, 3.63) is 11.6 Å². The molecule has 0 aliphatic heterocycles. The molecule has 0 nitrogen and oxygen atoms in total. The average Bonchev–Trinajstić information content (AvgIpc) is 2.24. The van der Waals surface area contributed by atoms with E-state index in [1.165, 1.54) is 44.9 Å². The Balaban J connectivity index is 2.14. The first-order valence-corrected chi connectivity index (χ1v) is 5.93. The van der Waals surface area contributed by atoms with E-state index in [1.807, 2.05) is 0 Å². The lowest BCUT2D eigenvalue weighted by atomic mass is 9.65. The van der Waals surface area contributed by atoms with Crippen LogP contribution in [0.5, 0.6) is 0 Å². The Kier molecular flexibility index (Phi) is 2.49. The first-order valence-electron chi connectivity index (χ1n) is 5.93. The van der Waals surface area contributed by atoms with Gasteiger partial charge in [-0.25, -0.2) is 0 Å². The molecule has 0 saturated heterocycles. The summed E-state index contributed by atoms with van der Waals surface area (Å²) in [7, 11) is 0. The van der Waals surface area contributed by atoms with Gasteiger partial charge in [0.2, 0.25) is 0 Å². The van der Waals surface area contributed by atoms with Crippen LogP contribution in [0.25, 0.3) is 0 Å². The van der Waals surface area contributed by atoms with Crippen LogP contribution in [0.2, 0.25) is 0 Å². The van der Waals surface area contributed by atoms with Crippen molar-refractivity contribution < 1.29 is 0 Å². The fourth-order valence-corrected chi connectivity index (χ4v) is 2.82. The minimum absolute atomic E-state index is 0.677. The zero-order valence-electron chi connectivity index (χ0n) is 9.10. The van der Waals surface area contributed by atoms with Gasteiger partial charge < -0.3 is 0 Å². The minimum Gasteiger partial charge on any atom is -0.0788 e. The maximum atomic E-state index is 2.66. The summed E-state index contributed by atoms with van der Waals surface area (Å²) in [6, 6.07) is 0. The Hall–Kier alpha value is -0.260. The number of hydrogen-bond donors (Lipinski definition) is 0. The minimum atomic E-state index is 0.677. The van der Waals surface area contributed by atoms with Crippen LogP contribution in [0.1, 0.15) is 58.8 Å². The van der Waals surface area contributed by atoms with Crippen molar-refractivity contribution in [2.45, 2.75) is 58.8 Å². The van der Waals surface area contributed by atoms with Crippen molar-refractivity contribution in [2.24, 2.45) is 11.3 Å². The van der Waals surface area contributed by atoms with Gasteiger partial charge in [0.05, 0.1) is 0 Å². The highest BCUT2D eigenvalue weighted by molar-refractivity contribution is 5.16. The number of hydrogen-bond acceptors (Lipinski definition) is 0. The second-order valence-electron chi connectivity index (χ2n) is 5.30. The van der Waals surface area contributed by atoms with Gasteiger partial charge in [-0.3, -0.25) is 0 Å². The molecule has 2 aliphatic carbocycles. The SMILES string of the molecule is CC(C)C1=CC2(CCCC1)CCC2. The normalized spacial score (nSPS) is 26.8. The topological polar surface area (TPSA) is 0 Å². The highest BCUT2D eigenvalue weighted by Gasteiger charge is 2.35. The van der Waals surface area contributed by atoms with E-state index in [-0.39, 0.29) is 0 Å². The molecular weight excluding hydrogens is 156 g/mol. The van der Waals surface area contributed by atoms with Crippen LogP contribution >= 0.6 is 0 Å². The molecule has 0 N–H and O–H groups in total. The highest BCUT2D eigenvalue weighted by atomic mass is 14.4. The van der Waals surface area contributed by atoms with Crippen LogP contribution in [0.4, 0.5) is 0 Å². The molecule has 0 heterocycles. The molecule has 0 bridgehead atoms. The summed E-state index contributed by atoms with van der Waals surface area (Å²) < 4.78 is 0. The standard InChI is InChI=1S/C13H22/c1-11(2)12-6-3-4-7-13(10-12)8-5-9-13/h10-11H,3-9H2,1-2H3. The molecule has 0 radical (unpaired) electrons. The highest BCUT2D eigenvalue weighted by Crippen LogP contribution is 2.49. The Labute approximate surface area is 82.4 Å². The van der Waals surface area contributed by atoms with Crippen LogP contribution in [0.3, 0.4) is 0 Å². The van der Waals surface area contributed by atoms with Crippen molar-refractivity contribution in [3.8, 4) is 0 Å². The largest absolute Gasteiger partial charge is 0.0788 e. The molecule has 0 amide bonds. The van der Waals surface area contributed by atoms with E-state index < -0.39 is 0 Å². The molecule has 0 aromatic rings. The summed E-state index contributed by atoms with van der Waals surface area (Å²) in [6.07, 6.45) is 12.8. The van der Waals surface area contributed by atoms with E-state index in [2.05, 4.69) is 19.9 Å². The monoisotopic (exact) mass is 178 g/mol. The Morgan fingerprint density at radius 3 is 2.31 bits per heavy atom. The van der Waals surface area contributed by atoms with Crippen LogP contribution < -0.4 is 0 Å². The van der Waals surface area contributed by atoms with Gasteiger partial charge in [-0.1, -0.05) is 38.3 Å². The van der Waals surface area contributed by atoms with E-state index in [0.29, 0.717) is 5.41 Å². The molecule has 0 atom stereocenters. The fraction of sp³-hybridized carbons (Fsp3) is 0.846. The third kappa shape index (κ3) is 1.82. The summed E-state index contributed by atoms with van der Waals surface area (Å²) in [4.78, 5) is 0. The van der Waals surface area contributed by atoms with Crippen molar-refractivity contribution in [3.63, 3.8) is 0 Å². The van der Waals surface area contributed by atoms with E-state index in [0.717, 1.165) is 5.92 Å². The fourth-order valence-electron chi connectivity index (χ4n) is 2.82. The van der Waals surface area contributed by atoms with Gasteiger partial charge in [0, 0.05) is 0 Å². The summed E-state index contributed by atoms with van der Waals surface area (Å²) in [6.45, 7) is 4.70. The first-order chi connectivity index (χ1) is 6.22. The van der Waals surface area contributed by atoms with Crippen molar-refractivity contribution >= 4 is 0 Å².